The standard InChI is InChI=1S/C19H22NO2S/c1-5-20-14(2)19(3,4)17-13-16(11-12-18(17)20)23(21,22)15-9-7-6-8-10-15/h6-13H,5H2,1-4H3/q+1. The molecule has 0 bridgehead atoms. The van der Waals surface area contributed by atoms with Crippen LogP contribution in [0.1, 0.15) is 33.3 Å². The smallest absolute Gasteiger partial charge is 0.209 e. The van der Waals surface area contributed by atoms with Gasteiger partial charge in [-0.1, -0.05) is 18.2 Å². The van der Waals surface area contributed by atoms with E-state index in [1.807, 2.05) is 18.2 Å². The molecule has 120 valence electrons. The van der Waals surface area contributed by atoms with Gasteiger partial charge < -0.3 is 0 Å². The lowest BCUT2D eigenvalue weighted by atomic mass is 9.82. The highest BCUT2D eigenvalue weighted by atomic mass is 32.2. The maximum atomic E-state index is 12.9. The van der Waals surface area contributed by atoms with Gasteiger partial charge in [0.1, 0.15) is 6.54 Å². The Labute approximate surface area is 138 Å². The third kappa shape index (κ3) is 2.32. The Bertz CT molecular complexity index is 894. The van der Waals surface area contributed by atoms with Gasteiger partial charge in [-0.15, -0.1) is 0 Å². The molecule has 1 aliphatic rings. The molecule has 0 fully saturated rings. The van der Waals surface area contributed by atoms with E-state index < -0.39 is 9.84 Å². The van der Waals surface area contributed by atoms with Crippen molar-refractivity contribution in [2.45, 2.75) is 42.9 Å². The second-order valence-electron chi connectivity index (χ2n) is 6.45. The van der Waals surface area contributed by atoms with Crippen LogP contribution in [-0.2, 0) is 15.3 Å². The number of sulfone groups is 1. The zero-order valence-electron chi connectivity index (χ0n) is 14.0. The molecule has 0 saturated heterocycles. The average molecular weight is 328 g/mol. The molecule has 0 spiro atoms. The van der Waals surface area contributed by atoms with Crippen molar-refractivity contribution in [1.82, 2.24) is 0 Å². The van der Waals surface area contributed by atoms with Crippen LogP contribution in [0.3, 0.4) is 0 Å². The summed E-state index contributed by atoms with van der Waals surface area (Å²) >= 11 is 0. The molecule has 0 amide bonds. The lowest BCUT2D eigenvalue weighted by Crippen LogP contribution is -2.26. The second-order valence-corrected chi connectivity index (χ2v) is 8.40. The molecule has 2 aromatic carbocycles. The Balaban J connectivity index is 2.17. The van der Waals surface area contributed by atoms with Gasteiger partial charge in [0.05, 0.1) is 15.2 Å². The van der Waals surface area contributed by atoms with Crippen LogP contribution in [0, 0.1) is 0 Å². The van der Waals surface area contributed by atoms with Crippen molar-refractivity contribution < 1.29 is 13.0 Å². The Morgan fingerprint density at radius 2 is 1.65 bits per heavy atom. The third-order valence-electron chi connectivity index (χ3n) is 4.92. The molecular weight excluding hydrogens is 306 g/mol. The second kappa shape index (κ2) is 5.31. The summed E-state index contributed by atoms with van der Waals surface area (Å²) in [6, 6.07) is 14.1. The van der Waals surface area contributed by atoms with Crippen LogP contribution in [0.4, 0.5) is 5.69 Å². The van der Waals surface area contributed by atoms with Crippen molar-refractivity contribution in [3.05, 3.63) is 54.1 Å². The van der Waals surface area contributed by atoms with Crippen molar-refractivity contribution in [3.63, 3.8) is 0 Å². The lowest BCUT2D eigenvalue weighted by Gasteiger charge is -2.16. The summed E-state index contributed by atoms with van der Waals surface area (Å²) in [7, 11) is -3.48. The van der Waals surface area contributed by atoms with E-state index in [2.05, 4.69) is 32.3 Å². The zero-order valence-corrected chi connectivity index (χ0v) is 14.8. The maximum Gasteiger partial charge on any atom is 0.209 e. The molecule has 0 atom stereocenters. The predicted octanol–water partition coefficient (Wildman–Crippen LogP) is 3.94. The highest BCUT2D eigenvalue weighted by molar-refractivity contribution is 7.91. The van der Waals surface area contributed by atoms with Gasteiger partial charge in [-0.3, -0.25) is 0 Å². The van der Waals surface area contributed by atoms with E-state index in [4.69, 9.17) is 0 Å². The first-order valence-corrected chi connectivity index (χ1v) is 9.34. The molecule has 23 heavy (non-hydrogen) atoms. The average Bonchev–Trinajstić information content (AvgIpc) is 2.74. The van der Waals surface area contributed by atoms with Crippen LogP contribution >= 0.6 is 0 Å². The Morgan fingerprint density at radius 3 is 2.26 bits per heavy atom. The molecule has 3 nitrogen and oxygen atoms in total. The fourth-order valence-electron chi connectivity index (χ4n) is 3.27. The molecule has 2 aromatic rings. The summed E-state index contributed by atoms with van der Waals surface area (Å²) < 4.78 is 28.0. The third-order valence-corrected chi connectivity index (χ3v) is 6.69. The lowest BCUT2D eigenvalue weighted by molar-refractivity contribution is -0.434. The first-order chi connectivity index (χ1) is 10.8. The fraction of sp³-hybridized carbons (Fsp3) is 0.316. The van der Waals surface area contributed by atoms with Crippen LogP contribution in [-0.4, -0.2) is 25.2 Å². The van der Waals surface area contributed by atoms with Crippen molar-refractivity contribution >= 4 is 21.2 Å². The van der Waals surface area contributed by atoms with Gasteiger partial charge in [0.15, 0.2) is 5.71 Å². The minimum absolute atomic E-state index is 0.159. The van der Waals surface area contributed by atoms with Gasteiger partial charge in [-0.2, -0.15) is 4.58 Å². The fourth-order valence-corrected chi connectivity index (χ4v) is 4.58. The molecule has 0 aliphatic carbocycles. The summed E-state index contributed by atoms with van der Waals surface area (Å²) in [5.41, 5.74) is 3.29. The van der Waals surface area contributed by atoms with Crippen molar-refractivity contribution in [2.75, 3.05) is 6.54 Å². The molecule has 0 N–H and O–H groups in total. The topological polar surface area (TPSA) is 37.1 Å². The summed E-state index contributed by atoms with van der Waals surface area (Å²) in [4.78, 5) is 0.699. The van der Waals surface area contributed by atoms with Crippen molar-refractivity contribution in [3.8, 4) is 0 Å². The number of nitrogens with zero attached hydrogens (tertiary/aromatic N) is 1. The summed E-state index contributed by atoms with van der Waals surface area (Å²) in [5, 5.41) is 0. The van der Waals surface area contributed by atoms with Crippen LogP contribution in [0.15, 0.2) is 58.3 Å². The van der Waals surface area contributed by atoms with E-state index in [-0.39, 0.29) is 5.41 Å². The molecule has 1 heterocycles. The van der Waals surface area contributed by atoms with Crippen molar-refractivity contribution in [2.24, 2.45) is 0 Å². The minimum atomic E-state index is -3.48. The number of hydrogen-bond acceptors (Lipinski definition) is 2. The largest absolute Gasteiger partial charge is 0.219 e. The van der Waals surface area contributed by atoms with Gasteiger partial charge in [0.2, 0.25) is 15.5 Å². The Kier molecular flexibility index (Phi) is 3.68. The maximum absolute atomic E-state index is 12.9. The van der Waals surface area contributed by atoms with Gasteiger partial charge in [0.25, 0.3) is 0 Å². The predicted molar refractivity (Wildman–Crippen MR) is 92.5 cm³/mol. The highest BCUT2D eigenvalue weighted by Crippen LogP contribution is 2.41. The number of rotatable bonds is 3. The van der Waals surface area contributed by atoms with E-state index in [0.29, 0.717) is 9.79 Å². The van der Waals surface area contributed by atoms with E-state index in [9.17, 15) is 8.42 Å². The van der Waals surface area contributed by atoms with E-state index in [1.165, 1.54) is 5.71 Å². The highest BCUT2D eigenvalue weighted by Gasteiger charge is 2.43. The van der Waals surface area contributed by atoms with Gasteiger partial charge in [-0.05, 0) is 45.0 Å². The molecule has 0 aromatic heterocycles. The Morgan fingerprint density at radius 1 is 1.00 bits per heavy atom. The van der Waals surface area contributed by atoms with Gasteiger partial charge in [0, 0.05) is 18.6 Å². The molecule has 0 radical (unpaired) electrons. The van der Waals surface area contributed by atoms with Crippen LogP contribution < -0.4 is 0 Å². The molecule has 3 rings (SSSR count). The monoisotopic (exact) mass is 328 g/mol. The van der Waals surface area contributed by atoms with Crippen molar-refractivity contribution in [1.29, 1.82) is 0 Å². The summed E-state index contributed by atoms with van der Waals surface area (Å²) in [6.45, 7) is 9.41. The van der Waals surface area contributed by atoms with Crippen LogP contribution in [0.2, 0.25) is 0 Å². The normalized spacial score (nSPS) is 16.5. The quantitative estimate of drug-likeness (QED) is 0.800. The first-order valence-electron chi connectivity index (χ1n) is 7.86. The SMILES string of the molecule is CC[N+]1=C(C)C(C)(C)c2cc(S(=O)(=O)c3ccccc3)ccc21. The number of hydrogen-bond donors (Lipinski definition) is 0. The van der Waals surface area contributed by atoms with Gasteiger partial charge in [-0.25, -0.2) is 8.42 Å². The molecule has 0 unspecified atom stereocenters. The minimum Gasteiger partial charge on any atom is -0.219 e. The van der Waals surface area contributed by atoms with Gasteiger partial charge >= 0.3 is 0 Å². The number of benzene rings is 2. The van der Waals surface area contributed by atoms with E-state index in [0.717, 1.165) is 17.8 Å². The summed E-state index contributed by atoms with van der Waals surface area (Å²) in [5.74, 6) is 0. The number of fused-ring (bicyclic) bond motifs is 1. The Hall–Kier alpha value is -1.94. The molecule has 0 saturated carbocycles. The van der Waals surface area contributed by atoms with E-state index in [1.54, 1.807) is 30.3 Å². The van der Waals surface area contributed by atoms with Crippen LogP contribution in [0.25, 0.3) is 0 Å². The van der Waals surface area contributed by atoms with Crippen LogP contribution in [0.5, 0.6) is 0 Å². The molecule has 1 aliphatic heterocycles. The first kappa shape index (κ1) is 15.9. The molecule has 4 heteroatoms. The zero-order chi connectivity index (χ0) is 16.8. The van der Waals surface area contributed by atoms with E-state index >= 15 is 0 Å². The summed E-state index contributed by atoms with van der Waals surface area (Å²) in [6.07, 6.45) is 0. The molecular formula is C19H22NO2S+.